The molecule has 170 valence electrons. The summed E-state index contributed by atoms with van der Waals surface area (Å²) < 4.78 is 30.0. The van der Waals surface area contributed by atoms with Gasteiger partial charge in [-0.3, -0.25) is 4.79 Å². The van der Waals surface area contributed by atoms with E-state index in [1.165, 1.54) is 39.9 Å². The van der Waals surface area contributed by atoms with Crippen molar-refractivity contribution in [2.24, 2.45) is 10.9 Å². The number of hydrogen-bond donors (Lipinski definition) is 0. The topological polar surface area (TPSA) is 71.7 Å². The number of carbonyl (C=O) groups is 1. The van der Waals surface area contributed by atoms with Crippen LogP contribution < -0.4 is 4.80 Å². The van der Waals surface area contributed by atoms with Gasteiger partial charge in [-0.15, -0.1) is 0 Å². The van der Waals surface area contributed by atoms with Gasteiger partial charge in [0.25, 0.3) is 5.91 Å². The first kappa shape index (κ1) is 23.4. The summed E-state index contributed by atoms with van der Waals surface area (Å²) in [5.74, 6) is -0.117. The summed E-state index contributed by atoms with van der Waals surface area (Å²) >= 11 is 14.0. The number of halogens is 2. The van der Waals surface area contributed by atoms with Crippen molar-refractivity contribution in [2.45, 2.75) is 38.1 Å². The third-order valence-corrected chi connectivity index (χ3v) is 9.32. The lowest BCUT2D eigenvalue weighted by molar-refractivity contribution is 0.0997. The number of carbonyl (C=O) groups excluding carboxylic acids is 1. The summed E-state index contributed by atoms with van der Waals surface area (Å²) in [6.45, 7) is 5.61. The molecule has 10 heteroatoms. The van der Waals surface area contributed by atoms with Gasteiger partial charge in [-0.05, 0) is 62.1 Å². The number of sulfonamides is 1. The van der Waals surface area contributed by atoms with Crippen LogP contribution in [0.15, 0.2) is 46.3 Å². The first-order valence-corrected chi connectivity index (χ1v) is 13.4. The minimum atomic E-state index is -3.57. The molecular formula is C22H23Cl2N3O3S2. The monoisotopic (exact) mass is 511 g/mol. The first-order valence-electron chi connectivity index (χ1n) is 10.4. The maximum absolute atomic E-state index is 12.9. The van der Waals surface area contributed by atoms with E-state index in [4.69, 9.17) is 23.2 Å². The number of aromatic nitrogens is 1. The Kier molecular flexibility index (Phi) is 6.79. The Bertz CT molecular complexity index is 1350. The first-order chi connectivity index (χ1) is 15.2. The van der Waals surface area contributed by atoms with Crippen LogP contribution in [0.1, 0.15) is 37.0 Å². The normalized spacial score (nSPS) is 18.4. The van der Waals surface area contributed by atoms with Crippen LogP contribution in [0, 0.1) is 5.92 Å². The number of fused-ring (bicyclic) bond motifs is 1. The highest BCUT2D eigenvalue weighted by molar-refractivity contribution is 7.89. The van der Waals surface area contributed by atoms with Gasteiger partial charge in [0.05, 0.1) is 25.2 Å². The lowest BCUT2D eigenvalue weighted by atomic mass is 10.0. The Hall–Kier alpha value is -1.71. The molecule has 2 heterocycles. The van der Waals surface area contributed by atoms with Crippen molar-refractivity contribution in [3.8, 4) is 0 Å². The highest BCUT2D eigenvalue weighted by Crippen LogP contribution is 2.32. The van der Waals surface area contributed by atoms with Crippen molar-refractivity contribution in [2.75, 3.05) is 13.1 Å². The molecule has 3 aromatic rings. The van der Waals surface area contributed by atoms with Crippen LogP contribution in [-0.2, 0) is 16.6 Å². The maximum Gasteiger partial charge on any atom is 0.279 e. The quantitative estimate of drug-likeness (QED) is 0.483. The molecule has 32 heavy (non-hydrogen) atoms. The van der Waals surface area contributed by atoms with Gasteiger partial charge in [-0.2, -0.15) is 9.30 Å². The molecule has 1 aliphatic heterocycles. The molecule has 0 bridgehead atoms. The van der Waals surface area contributed by atoms with Crippen LogP contribution in [0.4, 0.5) is 0 Å². The average molecular weight is 512 g/mol. The van der Waals surface area contributed by atoms with Crippen molar-refractivity contribution in [1.82, 2.24) is 8.87 Å². The second-order valence-corrected chi connectivity index (χ2v) is 11.6. The van der Waals surface area contributed by atoms with Crippen LogP contribution in [0.3, 0.4) is 0 Å². The van der Waals surface area contributed by atoms with E-state index in [1.807, 2.05) is 11.5 Å². The van der Waals surface area contributed by atoms with E-state index in [1.54, 1.807) is 12.1 Å². The Balaban J connectivity index is 1.66. The predicted molar refractivity (Wildman–Crippen MR) is 129 cm³/mol. The molecule has 0 radical (unpaired) electrons. The summed E-state index contributed by atoms with van der Waals surface area (Å²) in [6.07, 6.45) is 1.89. The van der Waals surface area contributed by atoms with E-state index in [0.29, 0.717) is 46.0 Å². The number of amides is 1. The smallest absolute Gasteiger partial charge is 0.279 e. The zero-order valence-corrected chi connectivity index (χ0v) is 20.9. The fraction of sp³-hybridized carbons (Fsp3) is 0.364. The van der Waals surface area contributed by atoms with Crippen LogP contribution >= 0.6 is 34.5 Å². The van der Waals surface area contributed by atoms with Gasteiger partial charge in [-0.25, -0.2) is 8.42 Å². The summed E-state index contributed by atoms with van der Waals surface area (Å²) in [5.41, 5.74) is 1.06. The molecule has 2 aromatic carbocycles. The lowest BCUT2D eigenvalue weighted by Crippen LogP contribution is -2.39. The van der Waals surface area contributed by atoms with Gasteiger partial charge >= 0.3 is 0 Å². The Morgan fingerprint density at radius 3 is 2.50 bits per heavy atom. The lowest BCUT2D eigenvalue weighted by Gasteiger charge is -2.30. The molecule has 0 N–H and O–H groups in total. The Morgan fingerprint density at radius 1 is 1.16 bits per heavy atom. The molecule has 1 fully saturated rings. The molecule has 0 spiro atoms. The highest BCUT2D eigenvalue weighted by atomic mass is 35.5. The summed E-state index contributed by atoms with van der Waals surface area (Å²) in [6, 6.07) is 9.41. The molecular weight excluding hydrogens is 489 g/mol. The Labute approximate surface area is 201 Å². The standard InChI is InChI=1S/C22H23Cl2N3O3S2/c1-3-27-19-17(23)10-11-18(24)20(19)31-22(27)25-21(28)15-6-8-16(9-7-15)32(29,30)26-12-4-5-14(2)13-26/h6-11,14H,3-5,12-13H2,1-2H3. The zero-order valence-electron chi connectivity index (χ0n) is 17.7. The minimum absolute atomic E-state index is 0.187. The van der Waals surface area contributed by atoms with Gasteiger partial charge in [-0.1, -0.05) is 41.5 Å². The van der Waals surface area contributed by atoms with Crippen molar-refractivity contribution >= 4 is 60.7 Å². The third kappa shape index (κ3) is 4.39. The fourth-order valence-electron chi connectivity index (χ4n) is 3.92. The van der Waals surface area contributed by atoms with E-state index in [9.17, 15) is 13.2 Å². The Morgan fingerprint density at radius 2 is 1.84 bits per heavy atom. The van der Waals surface area contributed by atoms with Crippen molar-refractivity contribution < 1.29 is 13.2 Å². The second kappa shape index (κ2) is 9.27. The molecule has 1 saturated heterocycles. The molecule has 1 unspecified atom stereocenters. The average Bonchev–Trinajstić information content (AvgIpc) is 3.15. The van der Waals surface area contributed by atoms with Gasteiger partial charge in [0.1, 0.15) is 0 Å². The number of hydrogen-bond acceptors (Lipinski definition) is 4. The van der Waals surface area contributed by atoms with Crippen molar-refractivity contribution in [1.29, 1.82) is 0 Å². The number of thiazole rings is 1. The molecule has 1 aliphatic rings. The number of piperidine rings is 1. The predicted octanol–water partition coefficient (Wildman–Crippen LogP) is 5.19. The van der Waals surface area contributed by atoms with Crippen molar-refractivity contribution in [3.05, 3.63) is 56.8 Å². The van der Waals surface area contributed by atoms with E-state index in [0.717, 1.165) is 23.1 Å². The van der Waals surface area contributed by atoms with Crippen LogP contribution in [-0.4, -0.2) is 36.3 Å². The summed E-state index contributed by atoms with van der Waals surface area (Å²) in [5, 5.41) is 1.09. The van der Waals surface area contributed by atoms with Crippen molar-refractivity contribution in [3.63, 3.8) is 0 Å². The number of aryl methyl sites for hydroxylation is 1. The molecule has 0 saturated carbocycles. The van der Waals surface area contributed by atoms with Gasteiger partial charge in [0, 0.05) is 25.2 Å². The summed E-state index contributed by atoms with van der Waals surface area (Å²) in [7, 11) is -3.57. The second-order valence-electron chi connectivity index (χ2n) is 7.89. The molecule has 4 rings (SSSR count). The van der Waals surface area contributed by atoms with Crippen LogP contribution in [0.5, 0.6) is 0 Å². The van der Waals surface area contributed by atoms with E-state index < -0.39 is 15.9 Å². The van der Waals surface area contributed by atoms with E-state index >= 15 is 0 Å². The summed E-state index contributed by atoms with van der Waals surface area (Å²) in [4.78, 5) is 17.8. The van der Waals surface area contributed by atoms with E-state index in [2.05, 4.69) is 11.9 Å². The number of benzene rings is 2. The fourth-order valence-corrected chi connectivity index (χ4v) is 7.23. The maximum atomic E-state index is 12.9. The highest BCUT2D eigenvalue weighted by Gasteiger charge is 2.28. The minimum Gasteiger partial charge on any atom is -0.315 e. The van der Waals surface area contributed by atoms with Crippen LogP contribution in [0.25, 0.3) is 10.2 Å². The SMILES string of the molecule is CCn1c(=NC(=O)c2ccc(S(=O)(=O)N3CCCC(C)C3)cc2)sc2c(Cl)ccc(Cl)c21. The third-order valence-electron chi connectivity index (χ3n) is 5.60. The molecule has 0 aliphatic carbocycles. The molecule has 1 aromatic heterocycles. The number of rotatable bonds is 4. The van der Waals surface area contributed by atoms with Crippen LogP contribution in [0.2, 0.25) is 10.0 Å². The van der Waals surface area contributed by atoms with E-state index in [-0.39, 0.29) is 4.90 Å². The van der Waals surface area contributed by atoms with Gasteiger partial charge in [0.15, 0.2) is 4.80 Å². The molecule has 6 nitrogen and oxygen atoms in total. The van der Waals surface area contributed by atoms with Gasteiger partial charge in [0.2, 0.25) is 10.0 Å². The molecule has 1 amide bonds. The zero-order chi connectivity index (χ0) is 23.0. The van der Waals surface area contributed by atoms with Gasteiger partial charge < -0.3 is 4.57 Å². The number of nitrogens with zero attached hydrogens (tertiary/aromatic N) is 3. The largest absolute Gasteiger partial charge is 0.315 e. The molecule has 1 atom stereocenters.